The van der Waals surface area contributed by atoms with Gasteiger partial charge in [0.25, 0.3) is 0 Å². The summed E-state index contributed by atoms with van der Waals surface area (Å²) in [5.74, 6) is -0.0614. The Morgan fingerprint density at radius 3 is 2.57 bits per heavy atom. The highest BCUT2D eigenvalue weighted by Gasteiger charge is 2.15. The number of nitrogens with two attached hydrogens (primary N) is 1. The lowest BCUT2D eigenvalue weighted by Crippen LogP contribution is -2.08. The van der Waals surface area contributed by atoms with Crippen molar-refractivity contribution in [3.05, 3.63) is 60.7 Å². The second-order valence-electron chi connectivity index (χ2n) is 6.63. The number of nitrogens with zero attached hydrogens (tertiary/aromatic N) is 3. The van der Waals surface area contributed by atoms with Crippen molar-refractivity contribution in [3.63, 3.8) is 0 Å². The number of halogens is 1. The van der Waals surface area contributed by atoms with Gasteiger partial charge < -0.3 is 10.3 Å². The molecule has 0 unspecified atom stereocenters. The molecule has 0 saturated heterocycles. The number of pyridine rings is 1. The number of fused-ring (bicyclic) bond motifs is 3. The molecule has 0 radical (unpaired) electrons. The van der Waals surface area contributed by atoms with Crippen LogP contribution >= 0.6 is 0 Å². The van der Waals surface area contributed by atoms with Crippen LogP contribution in [-0.4, -0.2) is 28.7 Å². The van der Waals surface area contributed by atoms with Crippen molar-refractivity contribution in [2.24, 2.45) is 0 Å². The smallest absolute Gasteiger partial charge is 0.178 e. The number of hydrogen-bond acceptors (Lipinski definition) is 5. The van der Waals surface area contributed by atoms with E-state index in [0.29, 0.717) is 30.7 Å². The summed E-state index contributed by atoms with van der Waals surface area (Å²) in [4.78, 5) is 8.90. The molecule has 0 fully saturated rings. The van der Waals surface area contributed by atoms with Crippen LogP contribution in [0.5, 0.6) is 0 Å². The van der Waals surface area contributed by atoms with Crippen LogP contribution < -0.4 is 5.73 Å². The minimum Gasteiger partial charge on any atom is -0.382 e. The van der Waals surface area contributed by atoms with Crippen LogP contribution in [0.2, 0.25) is 0 Å². The summed E-state index contributed by atoms with van der Waals surface area (Å²) < 4.78 is 39.7. The first kappa shape index (κ1) is 18.4. The van der Waals surface area contributed by atoms with E-state index in [0.717, 1.165) is 28.6 Å². The molecular formula is C20H19FN4O2S. The molecule has 6 nitrogen and oxygen atoms in total. The van der Waals surface area contributed by atoms with Gasteiger partial charge in [-0.2, -0.15) is 0 Å². The van der Waals surface area contributed by atoms with Crippen molar-refractivity contribution in [1.82, 2.24) is 14.5 Å². The lowest BCUT2D eigenvalue weighted by atomic mass is 10.2. The molecule has 2 aromatic heterocycles. The van der Waals surface area contributed by atoms with Crippen molar-refractivity contribution >= 4 is 37.6 Å². The van der Waals surface area contributed by atoms with E-state index in [4.69, 9.17) is 5.73 Å². The van der Waals surface area contributed by atoms with Crippen LogP contribution in [0, 0.1) is 5.82 Å². The second kappa shape index (κ2) is 7.20. The molecule has 0 aliphatic rings. The number of nitrogen functional groups attached to an aromatic ring is 1. The Morgan fingerprint density at radius 1 is 1.04 bits per heavy atom. The molecule has 0 amide bonds. The number of unbranched alkanes of at least 4 members (excludes halogenated alkanes) is 1. The Hall–Kier alpha value is -3.00. The van der Waals surface area contributed by atoms with Gasteiger partial charge in [-0.1, -0.05) is 18.2 Å². The average Bonchev–Trinajstić information content (AvgIpc) is 3.11. The van der Waals surface area contributed by atoms with Gasteiger partial charge in [-0.3, -0.25) is 0 Å². The summed E-state index contributed by atoms with van der Waals surface area (Å²) in [6, 6.07) is 12.6. The molecule has 2 heterocycles. The third-order valence-corrected chi connectivity index (χ3v) is 6.53. The highest BCUT2D eigenvalue weighted by molar-refractivity contribution is 7.91. The zero-order valence-corrected chi connectivity index (χ0v) is 15.9. The van der Waals surface area contributed by atoms with E-state index < -0.39 is 15.7 Å². The predicted molar refractivity (Wildman–Crippen MR) is 107 cm³/mol. The lowest BCUT2D eigenvalue weighted by molar-refractivity contribution is 0.584. The number of benzene rings is 2. The Kier molecular flexibility index (Phi) is 4.72. The van der Waals surface area contributed by atoms with Gasteiger partial charge in [0.1, 0.15) is 11.3 Å². The van der Waals surface area contributed by atoms with Gasteiger partial charge in [-0.15, -0.1) is 0 Å². The number of hydrogen-bond donors (Lipinski definition) is 1. The van der Waals surface area contributed by atoms with Gasteiger partial charge in [0, 0.05) is 11.9 Å². The van der Waals surface area contributed by atoms with Gasteiger partial charge in [0.2, 0.25) is 0 Å². The number of rotatable bonds is 6. The van der Waals surface area contributed by atoms with Crippen molar-refractivity contribution in [2.45, 2.75) is 24.3 Å². The molecule has 0 bridgehead atoms. The third-order valence-electron chi connectivity index (χ3n) is 4.72. The quantitative estimate of drug-likeness (QED) is 0.396. The van der Waals surface area contributed by atoms with Crippen molar-refractivity contribution in [1.29, 1.82) is 0 Å². The molecule has 2 N–H and O–H groups in total. The molecule has 4 aromatic rings. The van der Waals surface area contributed by atoms with Gasteiger partial charge in [-0.25, -0.2) is 22.8 Å². The first-order valence-electron chi connectivity index (χ1n) is 8.93. The average molecular weight is 398 g/mol. The standard InChI is InChI=1S/C20H19FN4O2S/c21-14-7-9-15(10-8-14)28(26,27)12-4-3-11-25-13-23-18-19(25)16-5-1-2-6-17(16)24-20(18)22/h1-2,5-10,13H,3-4,11-12H2,(H2,22,24). The number of imidazole rings is 1. The number of anilines is 1. The van der Waals surface area contributed by atoms with E-state index in [1.807, 2.05) is 28.8 Å². The number of aryl methyl sites for hydroxylation is 1. The van der Waals surface area contributed by atoms with Crippen LogP contribution in [0.15, 0.2) is 59.8 Å². The minimum atomic E-state index is -3.42. The fourth-order valence-electron chi connectivity index (χ4n) is 3.31. The number of aromatic nitrogens is 3. The first-order valence-corrected chi connectivity index (χ1v) is 10.6. The van der Waals surface area contributed by atoms with Gasteiger partial charge in [0.15, 0.2) is 15.7 Å². The molecule has 2 aromatic carbocycles. The minimum absolute atomic E-state index is 0.00963. The number of sulfone groups is 1. The largest absolute Gasteiger partial charge is 0.382 e. The summed E-state index contributed by atoms with van der Waals surface area (Å²) in [6.45, 7) is 0.614. The van der Waals surface area contributed by atoms with Crippen LogP contribution in [0.4, 0.5) is 10.2 Å². The highest BCUT2D eigenvalue weighted by Crippen LogP contribution is 2.27. The van der Waals surface area contributed by atoms with Gasteiger partial charge >= 0.3 is 0 Å². The first-order chi connectivity index (χ1) is 13.5. The van der Waals surface area contributed by atoms with E-state index in [1.54, 1.807) is 6.33 Å². The zero-order valence-electron chi connectivity index (χ0n) is 15.0. The normalized spacial score (nSPS) is 12.0. The Morgan fingerprint density at radius 2 is 1.79 bits per heavy atom. The zero-order chi connectivity index (χ0) is 19.7. The predicted octanol–water partition coefficient (Wildman–Crippen LogP) is 3.56. The van der Waals surface area contributed by atoms with E-state index in [2.05, 4.69) is 9.97 Å². The summed E-state index contributed by atoms with van der Waals surface area (Å²) >= 11 is 0. The topological polar surface area (TPSA) is 90.9 Å². The van der Waals surface area contributed by atoms with Crippen molar-refractivity contribution in [2.75, 3.05) is 11.5 Å². The van der Waals surface area contributed by atoms with E-state index in [9.17, 15) is 12.8 Å². The SMILES string of the molecule is Nc1nc2ccccc2c2c1ncn2CCCCS(=O)(=O)c1ccc(F)cc1. The Labute approximate surface area is 161 Å². The lowest BCUT2D eigenvalue weighted by Gasteiger charge is -2.08. The molecule has 0 saturated carbocycles. The maximum Gasteiger partial charge on any atom is 0.178 e. The fraction of sp³-hybridized carbons (Fsp3) is 0.200. The van der Waals surface area contributed by atoms with E-state index in [-0.39, 0.29) is 10.6 Å². The van der Waals surface area contributed by atoms with Gasteiger partial charge in [0.05, 0.1) is 28.0 Å². The monoisotopic (exact) mass is 398 g/mol. The Bertz CT molecular complexity index is 1250. The summed E-state index contributed by atoms with van der Waals surface area (Å²) in [7, 11) is -3.42. The van der Waals surface area contributed by atoms with Crippen LogP contribution in [0.3, 0.4) is 0 Å². The van der Waals surface area contributed by atoms with E-state index in [1.165, 1.54) is 12.1 Å². The molecule has 28 heavy (non-hydrogen) atoms. The summed E-state index contributed by atoms with van der Waals surface area (Å²) in [5.41, 5.74) is 8.39. The molecule has 8 heteroatoms. The maximum atomic E-state index is 13.0. The van der Waals surface area contributed by atoms with Crippen LogP contribution in [0.1, 0.15) is 12.8 Å². The van der Waals surface area contributed by atoms with Crippen molar-refractivity contribution in [3.8, 4) is 0 Å². The summed E-state index contributed by atoms with van der Waals surface area (Å²) in [6.07, 6.45) is 2.85. The van der Waals surface area contributed by atoms with Gasteiger partial charge in [-0.05, 0) is 43.2 Å². The third kappa shape index (κ3) is 3.43. The molecule has 0 spiro atoms. The Balaban J connectivity index is 1.50. The molecule has 0 atom stereocenters. The number of para-hydroxylation sites is 1. The highest BCUT2D eigenvalue weighted by atomic mass is 32.2. The molecule has 4 rings (SSSR count). The fourth-order valence-corrected chi connectivity index (χ4v) is 4.68. The van der Waals surface area contributed by atoms with Crippen LogP contribution in [-0.2, 0) is 16.4 Å². The molecule has 144 valence electrons. The summed E-state index contributed by atoms with van der Waals surface area (Å²) in [5, 5.41) is 0.961. The molecule has 0 aliphatic heterocycles. The molecular weight excluding hydrogens is 379 g/mol. The second-order valence-corrected chi connectivity index (χ2v) is 8.74. The van der Waals surface area contributed by atoms with Crippen molar-refractivity contribution < 1.29 is 12.8 Å². The maximum absolute atomic E-state index is 13.0. The van der Waals surface area contributed by atoms with E-state index >= 15 is 0 Å². The molecule has 0 aliphatic carbocycles. The van der Waals surface area contributed by atoms with Crippen LogP contribution in [0.25, 0.3) is 21.9 Å².